The fraction of sp³-hybridized carbons (Fsp3) is 0.312. The molecule has 0 saturated heterocycles. The van der Waals surface area contributed by atoms with Crippen LogP contribution in [0.4, 0.5) is 0 Å². The fourth-order valence-electron chi connectivity index (χ4n) is 3.99. The van der Waals surface area contributed by atoms with Crippen molar-refractivity contribution in [2.24, 2.45) is 0 Å². The number of hydrogen-bond donors (Lipinski definition) is 0. The molecule has 3 rings (SSSR count). The Morgan fingerprint density at radius 3 is 1.26 bits per heavy atom. The fourth-order valence-corrected chi connectivity index (χ4v) is 4.46. The van der Waals surface area contributed by atoms with Crippen molar-refractivity contribution in [3.05, 3.63) is 105 Å². The van der Waals surface area contributed by atoms with Gasteiger partial charge in [0.15, 0.2) is 0 Å². The molecule has 178 valence electrons. The number of aryl methyl sites for hydroxylation is 2. The lowest BCUT2D eigenvalue weighted by Crippen LogP contribution is -1.93. The molecule has 2 heteroatoms. The molecule has 0 radical (unpaired) electrons. The highest BCUT2D eigenvalue weighted by Gasteiger charge is 2.06. The first-order valence-corrected chi connectivity index (χ1v) is 13.6. The normalized spacial score (nSPS) is 11.6. The molecule has 0 aliphatic carbocycles. The summed E-state index contributed by atoms with van der Waals surface area (Å²) < 4.78 is 0. The zero-order chi connectivity index (χ0) is 24.2. The van der Waals surface area contributed by atoms with Gasteiger partial charge in [-0.1, -0.05) is 99.5 Å². The quantitative estimate of drug-likeness (QED) is 0.175. The van der Waals surface area contributed by atoms with Crippen LogP contribution < -0.4 is 0 Å². The van der Waals surface area contributed by atoms with E-state index in [9.17, 15) is 0 Å². The largest absolute Gasteiger partial charge is 0.122 e. The summed E-state index contributed by atoms with van der Waals surface area (Å²) in [7, 11) is 0. The van der Waals surface area contributed by atoms with Crippen molar-refractivity contribution in [2.45, 2.75) is 64.1 Å². The molecule has 0 atom stereocenters. The molecule has 0 bridgehead atoms. The van der Waals surface area contributed by atoms with E-state index in [1.165, 1.54) is 47.9 Å². The minimum atomic E-state index is 0.463. The molecule has 0 unspecified atom stereocenters. The van der Waals surface area contributed by atoms with Gasteiger partial charge in [0.1, 0.15) is 0 Å². The number of alkyl halides is 2. The summed E-state index contributed by atoms with van der Waals surface area (Å²) in [5.74, 6) is 0.927. The van der Waals surface area contributed by atoms with Gasteiger partial charge < -0.3 is 0 Å². The number of hydrogen-bond acceptors (Lipinski definition) is 0. The van der Waals surface area contributed by atoms with E-state index >= 15 is 0 Å². The van der Waals surface area contributed by atoms with Crippen LogP contribution in [-0.2, 0) is 24.6 Å². The van der Waals surface area contributed by atoms with Crippen molar-refractivity contribution in [1.82, 2.24) is 0 Å². The maximum absolute atomic E-state index is 6.34. The minimum absolute atomic E-state index is 0.463. The van der Waals surface area contributed by atoms with Crippen LogP contribution in [-0.4, -0.2) is 0 Å². The van der Waals surface area contributed by atoms with Gasteiger partial charge in [-0.05, 0) is 82.3 Å². The summed E-state index contributed by atoms with van der Waals surface area (Å²) in [6, 6.07) is 22.0. The Bertz CT molecular complexity index is 984. The first-order chi connectivity index (χ1) is 16.7. The maximum Gasteiger partial charge on any atom is 0.0480 e. The van der Waals surface area contributed by atoms with E-state index in [0.29, 0.717) is 11.8 Å². The lowest BCUT2D eigenvalue weighted by Gasteiger charge is -2.10. The smallest absolute Gasteiger partial charge is 0.0480 e. The second kappa shape index (κ2) is 14.2. The Hall–Kier alpha value is -2.28. The predicted molar refractivity (Wildman–Crippen MR) is 154 cm³/mol. The van der Waals surface area contributed by atoms with Gasteiger partial charge in [0.05, 0.1) is 0 Å². The highest BCUT2D eigenvalue weighted by Crippen LogP contribution is 2.25. The molecule has 0 aliphatic rings. The topological polar surface area (TPSA) is 0 Å². The summed E-state index contributed by atoms with van der Waals surface area (Å²) in [6.07, 6.45) is 15.8. The Balaban J connectivity index is 1.77. The van der Waals surface area contributed by atoms with Crippen molar-refractivity contribution in [3.63, 3.8) is 0 Å². The zero-order valence-electron chi connectivity index (χ0n) is 20.5. The van der Waals surface area contributed by atoms with Gasteiger partial charge >= 0.3 is 0 Å². The van der Waals surface area contributed by atoms with E-state index in [1.807, 2.05) is 0 Å². The van der Waals surface area contributed by atoms with Crippen molar-refractivity contribution >= 4 is 47.5 Å². The Kier molecular flexibility index (Phi) is 11.0. The van der Waals surface area contributed by atoms with E-state index in [0.717, 1.165) is 35.1 Å². The van der Waals surface area contributed by atoms with E-state index in [-0.39, 0.29) is 0 Å². The van der Waals surface area contributed by atoms with E-state index in [4.69, 9.17) is 23.2 Å². The van der Waals surface area contributed by atoms with Crippen LogP contribution in [0.15, 0.2) is 60.7 Å². The van der Waals surface area contributed by atoms with Crippen LogP contribution in [0.2, 0.25) is 0 Å². The lowest BCUT2D eigenvalue weighted by atomic mass is 9.97. The zero-order valence-corrected chi connectivity index (χ0v) is 22.0. The number of benzene rings is 3. The van der Waals surface area contributed by atoms with E-state index < -0.39 is 0 Å². The molecule has 0 amide bonds. The van der Waals surface area contributed by atoms with Crippen LogP contribution in [0.3, 0.4) is 0 Å². The van der Waals surface area contributed by atoms with Crippen LogP contribution in [0.1, 0.15) is 84.0 Å². The summed E-state index contributed by atoms with van der Waals surface area (Å²) in [6.45, 7) is 4.46. The van der Waals surface area contributed by atoms with Crippen LogP contribution in [0.25, 0.3) is 24.3 Å². The molecule has 0 spiro atoms. The molecule has 0 aliphatic heterocycles. The summed E-state index contributed by atoms with van der Waals surface area (Å²) in [5.41, 5.74) is 9.66. The second-order valence-corrected chi connectivity index (χ2v) is 9.41. The molecule has 3 aromatic carbocycles. The van der Waals surface area contributed by atoms with Gasteiger partial charge in [-0.3, -0.25) is 0 Å². The summed E-state index contributed by atoms with van der Waals surface area (Å²) >= 11 is 12.7. The monoisotopic (exact) mass is 490 g/mol. The highest BCUT2D eigenvalue weighted by atomic mass is 35.5. The van der Waals surface area contributed by atoms with Gasteiger partial charge in [-0.15, -0.1) is 23.2 Å². The van der Waals surface area contributed by atoms with E-state index in [2.05, 4.69) is 98.8 Å². The third kappa shape index (κ3) is 7.90. The molecule has 0 saturated carbocycles. The maximum atomic E-state index is 6.34. The van der Waals surface area contributed by atoms with Gasteiger partial charge in [0.2, 0.25) is 0 Å². The van der Waals surface area contributed by atoms with Crippen molar-refractivity contribution in [3.8, 4) is 0 Å². The minimum Gasteiger partial charge on any atom is -0.122 e. The summed E-state index contributed by atoms with van der Waals surface area (Å²) in [5, 5.41) is 0. The molecule has 0 N–H and O–H groups in total. The van der Waals surface area contributed by atoms with Gasteiger partial charge in [-0.25, -0.2) is 0 Å². The van der Waals surface area contributed by atoms with Gasteiger partial charge in [0.25, 0.3) is 0 Å². The molecule has 0 nitrogen and oxygen atoms in total. The number of rotatable bonds is 12. The van der Waals surface area contributed by atoms with Crippen LogP contribution in [0.5, 0.6) is 0 Å². The molecule has 3 aromatic rings. The first kappa shape index (κ1) is 26.3. The standard InChI is InChI=1S/C32H36Cl2/c1-3-5-7-25-9-13-27(14-10-25)17-19-29-21-32(24-34)30(22-31(29)23-33)20-18-28-15-11-26(12-16-28)8-6-4-2/h9-22H,3-8,23-24H2,1-2H3. The molecule has 0 heterocycles. The number of unbranched alkanes of at least 4 members (excludes halogenated alkanes) is 2. The van der Waals surface area contributed by atoms with Gasteiger partial charge in [0, 0.05) is 11.8 Å². The van der Waals surface area contributed by atoms with E-state index in [1.54, 1.807) is 0 Å². The number of halogens is 2. The molecule has 0 aromatic heterocycles. The third-order valence-electron chi connectivity index (χ3n) is 6.20. The van der Waals surface area contributed by atoms with Gasteiger partial charge in [-0.2, -0.15) is 0 Å². The first-order valence-electron chi connectivity index (χ1n) is 12.5. The van der Waals surface area contributed by atoms with Crippen LogP contribution >= 0.6 is 23.2 Å². The molecule has 0 fully saturated rings. The SMILES string of the molecule is CCCCc1ccc(C=Cc2cc(CCl)c(C=Cc3ccc(CCCC)cc3)cc2CCl)cc1. The molecular weight excluding hydrogens is 455 g/mol. The second-order valence-electron chi connectivity index (χ2n) is 8.87. The van der Waals surface area contributed by atoms with Crippen molar-refractivity contribution in [2.75, 3.05) is 0 Å². The Labute approximate surface area is 216 Å². The molecule has 34 heavy (non-hydrogen) atoms. The third-order valence-corrected chi connectivity index (χ3v) is 6.77. The predicted octanol–water partition coefficient (Wildman–Crippen LogP) is 10.2. The lowest BCUT2D eigenvalue weighted by molar-refractivity contribution is 0.795. The molecular formula is C32H36Cl2. The van der Waals surface area contributed by atoms with Crippen molar-refractivity contribution < 1.29 is 0 Å². The Morgan fingerprint density at radius 2 is 0.941 bits per heavy atom. The van der Waals surface area contributed by atoms with Crippen molar-refractivity contribution in [1.29, 1.82) is 0 Å². The Morgan fingerprint density at radius 1 is 0.559 bits per heavy atom. The highest BCUT2D eigenvalue weighted by molar-refractivity contribution is 6.18. The van der Waals surface area contributed by atoms with Crippen LogP contribution in [0, 0.1) is 0 Å². The average Bonchev–Trinajstić information content (AvgIpc) is 2.89. The summed E-state index contributed by atoms with van der Waals surface area (Å²) in [4.78, 5) is 0. The average molecular weight is 492 g/mol.